The molecule has 0 saturated heterocycles. The molecule has 0 aromatic heterocycles. The van der Waals surface area contributed by atoms with E-state index in [1.807, 2.05) is 72.8 Å². The number of hydrogen-bond acceptors (Lipinski definition) is 15. The molecule has 5 N–H and O–H groups in total. The zero-order valence-corrected chi connectivity index (χ0v) is 62.8. The lowest BCUT2D eigenvalue weighted by molar-refractivity contribution is -0.156. The van der Waals surface area contributed by atoms with E-state index < -0.39 is 54.0 Å². The number of nitrogens with one attached hydrogen (secondary N) is 2. The number of thioether (sulfide) groups is 2. The highest BCUT2D eigenvalue weighted by atomic mass is 32.2. The molecule has 16 nitrogen and oxygen atoms in total. The Morgan fingerprint density at radius 2 is 0.820 bits per heavy atom. The first-order valence-corrected chi connectivity index (χ1v) is 40.3. The van der Waals surface area contributed by atoms with Crippen molar-refractivity contribution in [2.75, 3.05) is 49.4 Å². The molecule has 4 aromatic rings. The molecule has 100 heavy (non-hydrogen) atoms. The summed E-state index contributed by atoms with van der Waals surface area (Å²) in [5, 5.41) is 34.1. The number of alkyl carbamates (subject to hydrolysis) is 2. The largest absolute Gasteiger partial charge is 0.480 e. The molecule has 0 fully saturated rings. The maximum atomic E-state index is 13.0. The monoisotopic (exact) mass is 1420 g/mol. The molecule has 2 aliphatic rings. The van der Waals surface area contributed by atoms with E-state index >= 15 is 0 Å². The lowest BCUT2D eigenvalue weighted by Crippen LogP contribution is -2.46. The number of amides is 2. The number of carbonyl (C=O) groups is 6. The highest BCUT2D eigenvalue weighted by Gasteiger charge is 2.33. The van der Waals surface area contributed by atoms with Crippen LogP contribution in [0, 0.1) is 0 Å². The third-order valence-electron chi connectivity index (χ3n) is 18.3. The Hall–Kier alpha value is -6.08. The second-order valence-corrected chi connectivity index (χ2v) is 30.1. The van der Waals surface area contributed by atoms with Crippen molar-refractivity contribution in [3.05, 3.63) is 119 Å². The van der Waals surface area contributed by atoms with Crippen LogP contribution in [0.3, 0.4) is 0 Å². The number of rotatable bonds is 52. The average Bonchev–Trinajstić information content (AvgIpc) is 1.63. The molecule has 4 atom stereocenters. The summed E-state index contributed by atoms with van der Waals surface area (Å²) in [6.45, 7) is 10.3. The van der Waals surface area contributed by atoms with Crippen LogP contribution in [-0.2, 0) is 42.9 Å². The molecule has 0 bridgehead atoms. The molecule has 2 amide bonds. The molecule has 0 heterocycles. The van der Waals surface area contributed by atoms with Crippen molar-refractivity contribution >= 4 is 59.6 Å². The number of fused-ring (bicyclic) bond motifs is 6. The number of hydrogen-bond donors (Lipinski definition) is 5. The van der Waals surface area contributed by atoms with Crippen LogP contribution in [-0.4, -0.2) is 131 Å². The van der Waals surface area contributed by atoms with Crippen LogP contribution < -0.4 is 10.6 Å². The number of carbonyl (C=O) groups excluding carboxylic acids is 5. The number of ether oxygens (including phenoxy) is 5. The van der Waals surface area contributed by atoms with Gasteiger partial charge in [-0.25, -0.2) is 19.2 Å². The molecule has 0 saturated carbocycles. The summed E-state index contributed by atoms with van der Waals surface area (Å²) in [5.74, 6) is -1.36. The Kier molecular flexibility index (Phi) is 42.5. The highest BCUT2D eigenvalue weighted by Crippen LogP contribution is 2.46. The smallest absolute Gasteiger partial charge is 0.407 e. The fourth-order valence-corrected chi connectivity index (χ4v) is 15.0. The van der Waals surface area contributed by atoms with Gasteiger partial charge in [0, 0.05) is 54.3 Å². The predicted octanol–water partition coefficient (Wildman–Crippen LogP) is 19.0. The minimum absolute atomic E-state index is 0.0194. The van der Waals surface area contributed by atoms with E-state index in [4.69, 9.17) is 28.8 Å². The first kappa shape index (κ1) is 84.6. The molecular formula is C82H122N2O14S2. The SMILES string of the molecule is CC(C)(C)OC(=O)[C@H](CSC[C@H](O)CCCO)NC(=O)OCC1c2ccccc2-c2ccccc21.CCCCCCCCCCCCCCCC(=O)OCCC[C@H](CSC[C@H](NC(=O)OCC1c2ccccc2-c2ccccc21)C(=O)O)OC(=O)CCCCCCCCCCCCCCC. The third-order valence-corrected chi connectivity index (χ3v) is 20.7. The minimum atomic E-state index is -1.19. The van der Waals surface area contributed by atoms with Gasteiger partial charge in [0.05, 0.1) is 12.7 Å². The molecule has 6 rings (SSSR count). The second-order valence-electron chi connectivity index (χ2n) is 28.0. The molecule has 0 radical (unpaired) electrons. The summed E-state index contributed by atoms with van der Waals surface area (Å²) in [4.78, 5) is 76.1. The van der Waals surface area contributed by atoms with Crippen molar-refractivity contribution in [1.29, 1.82) is 0 Å². The van der Waals surface area contributed by atoms with Gasteiger partial charge in [-0.3, -0.25) is 9.59 Å². The van der Waals surface area contributed by atoms with Crippen LogP contribution in [0.5, 0.6) is 0 Å². The number of carboxylic acid groups (broad SMARTS) is 1. The first-order valence-electron chi connectivity index (χ1n) is 38.0. The lowest BCUT2D eigenvalue weighted by atomic mass is 9.98. The quantitative estimate of drug-likeness (QED) is 0.0157. The highest BCUT2D eigenvalue weighted by molar-refractivity contribution is 7.99. The van der Waals surface area contributed by atoms with Gasteiger partial charge >= 0.3 is 36.1 Å². The number of unbranched alkanes of at least 4 members (excludes halogenated alkanes) is 24. The standard InChI is InChI=1S/C55H87NO8S.C27H35NO6S/c1-3-5-7-9-11-13-15-17-19-21-23-25-27-39-52(57)62-41-33-34-45(64-53(58)40-28-26-24-22-20-18-16-14-12-10-8-6-4-2)43-65-44-51(54(59)60)56-55(61)63-42-50-48-37-31-29-35-46(48)47-36-30-32-38-49(47)50;1-27(2,3)34-25(31)24(17-35-16-18(30)9-8-14-29)28-26(32)33-15-23-21-12-6-4-10-19(21)20-11-5-7-13-22(20)23/h29-32,35-38,45,50-51H,3-28,33-34,39-44H2,1-2H3,(H,56,61)(H,59,60);4-7,10-13,18,23-24,29-30H,8-9,14-17H2,1-3H3,(H,28,32)/t45-,51+;18-,24+/m11/s1. The fraction of sp³-hybridized carbons (Fsp3) is 0.634. The Labute approximate surface area is 607 Å². The van der Waals surface area contributed by atoms with E-state index in [2.05, 4.69) is 48.7 Å². The Bertz CT molecular complexity index is 2880. The van der Waals surface area contributed by atoms with Crippen molar-refractivity contribution in [1.82, 2.24) is 10.6 Å². The number of carboxylic acids is 1. The normalized spacial score (nSPS) is 13.5. The van der Waals surface area contributed by atoms with E-state index in [0.29, 0.717) is 50.0 Å². The zero-order chi connectivity index (χ0) is 72.0. The molecule has 0 aliphatic heterocycles. The van der Waals surface area contributed by atoms with Crippen LogP contribution in [0.1, 0.15) is 274 Å². The minimum Gasteiger partial charge on any atom is -0.480 e. The number of aliphatic carboxylic acids is 1. The maximum Gasteiger partial charge on any atom is 0.407 e. The predicted molar refractivity (Wildman–Crippen MR) is 405 cm³/mol. The van der Waals surface area contributed by atoms with Crippen molar-refractivity contribution in [3.63, 3.8) is 0 Å². The van der Waals surface area contributed by atoms with Crippen LogP contribution in [0.2, 0.25) is 0 Å². The van der Waals surface area contributed by atoms with Gasteiger partial charge in [0.2, 0.25) is 0 Å². The van der Waals surface area contributed by atoms with Gasteiger partial charge in [-0.05, 0) is 104 Å². The van der Waals surface area contributed by atoms with Crippen molar-refractivity contribution < 1.29 is 67.8 Å². The molecule has 2 aliphatic carbocycles. The molecule has 0 unspecified atom stereocenters. The van der Waals surface area contributed by atoms with E-state index in [0.717, 1.165) is 83.0 Å². The summed E-state index contributed by atoms with van der Waals surface area (Å²) >= 11 is 2.65. The van der Waals surface area contributed by atoms with Gasteiger partial charge in [0.25, 0.3) is 0 Å². The van der Waals surface area contributed by atoms with Gasteiger partial charge in [-0.2, -0.15) is 23.5 Å². The lowest BCUT2D eigenvalue weighted by Gasteiger charge is -2.25. The number of esters is 3. The summed E-state index contributed by atoms with van der Waals surface area (Å²) in [7, 11) is 0. The van der Waals surface area contributed by atoms with E-state index in [1.54, 1.807) is 20.8 Å². The van der Waals surface area contributed by atoms with Crippen LogP contribution in [0.15, 0.2) is 97.1 Å². The molecular weight excluding hydrogens is 1300 g/mol. The molecule has 0 spiro atoms. The molecule has 556 valence electrons. The molecule has 4 aromatic carbocycles. The van der Waals surface area contributed by atoms with E-state index in [1.165, 1.54) is 152 Å². The van der Waals surface area contributed by atoms with E-state index in [9.17, 15) is 39.0 Å². The molecule has 18 heteroatoms. The van der Waals surface area contributed by atoms with Crippen molar-refractivity contribution in [2.24, 2.45) is 0 Å². The summed E-state index contributed by atoms with van der Waals surface area (Å²) in [6, 6.07) is 30.2. The van der Waals surface area contributed by atoms with Crippen LogP contribution in [0.25, 0.3) is 22.3 Å². The topological polar surface area (TPSA) is 233 Å². The Morgan fingerprint density at radius 1 is 0.450 bits per heavy atom. The summed E-state index contributed by atoms with van der Waals surface area (Å²) in [5.41, 5.74) is 8.16. The van der Waals surface area contributed by atoms with Crippen molar-refractivity contribution in [2.45, 2.75) is 282 Å². The maximum absolute atomic E-state index is 13.0. The van der Waals surface area contributed by atoms with Crippen LogP contribution in [0.4, 0.5) is 9.59 Å². The van der Waals surface area contributed by atoms with Crippen LogP contribution >= 0.6 is 23.5 Å². The van der Waals surface area contributed by atoms with Gasteiger partial charge in [0.15, 0.2) is 0 Å². The average molecular weight is 1420 g/mol. The number of benzene rings is 4. The van der Waals surface area contributed by atoms with E-state index in [-0.39, 0.29) is 61.7 Å². The summed E-state index contributed by atoms with van der Waals surface area (Å²) in [6.07, 6.45) is 32.5. The zero-order valence-electron chi connectivity index (χ0n) is 61.1. The number of aliphatic hydroxyl groups is 2. The van der Waals surface area contributed by atoms with Gasteiger partial charge in [0.1, 0.15) is 37.0 Å². The van der Waals surface area contributed by atoms with Crippen molar-refractivity contribution in [3.8, 4) is 22.3 Å². The second kappa shape index (κ2) is 50.3. The third kappa shape index (κ3) is 33.8. The Morgan fingerprint density at radius 3 is 1.22 bits per heavy atom. The van der Waals surface area contributed by atoms with Gasteiger partial charge in [-0.15, -0.1) is 0 Å². The number of aliphatic hydroxyl groups excluding tert-OH is 2. The van der Waals surface area contributed by atoms with Gasteiger partial charge < -0.3 is 49.6 Å². The Balaban J connectivity index is 0.000000430. The summed E-state index contributed by atoms with van der Waals surface area (Å²) < 4.78 is 28.2. The van der Waals surface area contributed by atoms with Gasteiger partial charge in [-0.1, -0.05) is 265 Å². The first-order chi connectivity index (χ1) is 48.5. The fourth-order valence-electron chi connectivity index (χ4n) is 12.9.